The second-order valence-electron chi connectivity index (χ2n) is 5.36. The van der Waals surface area contributed by atoms with Gasteiger partial charge in [-0.05, 0) is 13.0 Å². The van der Waals surface area contributed by atoms with Crippen molar-refractivity contribution in [2.24, 2.45) is 7.05 Å². The van der Waals surface area contributed by atoms with Crippen LogP contribution in [0.2, 0.25) is 0 Å². The fourth-order valence-corrected chi connectivity index (χ4v) is 2.32. The number of anilines is 1. The van der Waals surface area contributed by atoms with E-state index in [0.29, 0.717) is 25.7 Å². The number of ether oxygens (including phenoxy) is 1. The first-order valence-corrected chi connectivity index (χ1v) is 7.43. The summed E-state index contributed by atoms with van der Waals surface area (Å²) in [5.41, 5.74) is 1.91. The van der Waals surface area contributed by atoms with Gasteiger partial charge in [0.25, 0.3) is 5.91 Å². The highest BCUT2D eigenvalue weighted by Gasteiger charge is 2.15. The van der Waals surface area contributed by atoms with E-state index in [-0.39, 0.29) is 11.6 Å². The topological polar surface area (TPSA) is 98.1 Å². The van der Waals surface area contributed by atoms with Crippen molar-refractivity contribution < 1.29 is 9.53 Å². The zero-order valence-electron chi connectivity index (χ0n) is 13.2. The van der Waals surface area contributed by atoms with Crippen molar-refractivity contribution in [1.29, 1.82) is 0 Å². The van der Waals surface area contributed by atoms with E-state index >= 15 is 0 Å². The van der Waals surface area contributed by atoms with Gasteiger partial charge in [0, 0.05) is 25.8 Å². The minimum absolute atomic E-state index is 0.276. The van der Waals surface area contributed by atoms with Crippen LogP contribution in [0.15, 0.2) is 12.3 Å². The third-order valence-electron chi connectivity index (χ3n) is 3.45. The fourth-order valence-electron chi connectivity index (χ4n) is 2.32. The van der Waals surface area contributed by atoms with Gasteiger partial charge in [-0.3, -0.25) is 9.48 Å². The smallest absolute Gasteiger partial charge is 0.273 e. The number of amides is 1. The number of nitrogens with zero attached hydrogens (tertiary/aromatic N) is 6. The van der Waals surface area contributed by atoms with E-state index < -0.39 is 0 Å². The lowest BCUT2D eigenvalue weighted by molar-refractivity contribution is 0.0945. The highest BCUT2D eigenvalue weighted by molar-refractivity contribution is 5.91. The van der Waals surface area contributed by atoms with E-state index in [4.69, 9.17) is 4.74 Å². The average molecular weight is 317 g/mol. The molecule has 3 rings (SSSR count). The van der Waals surface area contributed by atoms with Crippen molar-refractivity contribution in [3.8, 4) is 0 Å². The molecule has 0 aromatic carbocycles. The van der Waals surface area contributed by atoms with E-state index in [1.165, 1.54) is 4.68 Å². The molecule has 3 heterocycles. The predicted octanol–water partition coefficient (Wildman–Crippen LogP) is -0.320. The number of carbonyl (C=O) groups is 1. The highest BCUT2D eigenvalue weighted by Crippen LogP contribution is 2.12. The number of hydrogen-bond acceptors (Lipinski definition) is 7. The molecule has 1 N–H and O–H groups in total. The number of rotatable bonds is 4. The molecule has 0 bridgehead atoms. The maximum absolute atomic E-state index is 12.0. The van der Waals surface area contributed by atoms with Crippen molar-refractivity contribution in [3.05, 3.63) is 29.3 Å². The van der Waals surface area contributed by atoms with Gasteiger partial charge in [-0.15, -0.1) is 5.10 Å². The standard InChI is InChI=1S/C14H19N7O2/c1-10-7-11(8-15-13(22)12-9-20(2)19-18-12)17-14(16-10)21-3-5-23-6-4-21/h7,9H,3-6,8H2,1-2H3,(H,15,22). The van der Waals surface area contributed by atoms with Gasteiger partial charge in [-0.2, -0.15) is 0 Å². The first kappa shape index (κ1) is 15.3. The van der Waals surface area contributed by atoms with Crippen LogP contribution in [0, 0.1) is 6.92 Å². The second-order valence-corrected chi connectivity index (χ2v) is 5.36. The molecule has 1 fully saturated rings. The molecule has 1 aliphatic rings. The van der Waals surface area contributed by atoms with Gasteiger partial charge in [-0.1, -0.05) is 5.21 Å². The van der Waals surface area contributed by atoms with Crippen LogP contribution in [0.5, 0.6) is 0 Å². The second kappa shape index (κ2) is 6.69. The molecule has 0 aliphatic carbocycles. The predicted molar refractivity (Wildman–Crippen MR) is 82.0 cm³/mol. The van der Waals surface area contributed by atoms with Crippen LogP contribution in [-0.4, -0.2) is 57.2 Å². The van der Waals surface area contributed by atoms with Gasteiger partial charge in [-0.25, -0.2) is 9.97 Å². The molecule has 9 heteroatoms. The van der Waals surface area contributed by atoms with Crippen molar-refractivity contribution >= 4 is 11.9 Å². The van der Waals surface area contributed by atoms with Crippen molar-refractivity contribution in [1.82, 2.24) is 30.3 Å². The fraction of sp³-hybridized carbons (Fsp3) is 0.500. The number of hydrogen-bond donors (Lipinski definition) is 1. The molecule has 9 nitrogen and oxygen atoms in total. The van der Waals surface area contributed by atoms with Gasteiger partial charge in [0.05, 0.1) is 31.6 Å². The minimum Gasteiger partial charge on any atom is -0.378 e. The molecule has 0 radical (unpaired) electrons. The van der Waals surface area contributed by atoms with Crippen LogP contribution in [0.4, 0.5) is 5.95 Å². The van der Waals surface area contributed by atoms with Crippen molar-refractivity contribution in [2.75, 3.05) is 31.2 Å². The lowest BCUT2D eigenvalue weighted by atomic mass is 10.3. The first-order valence-electron chi connectivity index (χ1n) is 7.43. The lowest BCUT2D eigenvalue weighted by Gasteiger charge is -2.27. The quantitative estimate of drug-likeness (QED) is 0.825. The molecule has 1 saturated heterocycles. The maximum atomic E-state index is 12.0. The molecule has 0 saturated carbocycles. The molecule has 0 atom stereocenters. The summed E-state index contributed by atoms with van der Waals surface area (Å²) >= 11 is 0. The Balaban J connectivity index is 1.67. The summed E-state index contributed by atoms with van der Waals surface area (Å²) in [5.74, 6) is 0.402. The Hall–Kier alpha value is -2.55. The molecule has 1 amide bonds. The molecule has 122 valence electrons. The van der Waals surface area contributed by atoms with E-state index in [2.05, 4.69) is 30.5 Å². The zero-order valence-corrected chi connectivity index (χ0v) is 13.2. The van der Waals surface area contributed by atoms with Crippen LogP contribution in [0.1, 0.15) is 21.9 Å². The number of aryl methyl sites for hydroxylation is 2. The molecular formula is C14H19N7O2. The van der Waals surface area contributed by atoms with Gasteiger partial charge in [0.2, 0.25) is 5.95 Å². The summed E-state index contributed by atoms with van der Waals surface area (Å²) in [7, 11) is 1.71. The van der Waals surface area contributed by atoms with Crippen LogP contribution < -0.4 is 10.2 Å². The van der Waals surface area contributed by atoms with E-state index in [1.54, 1.807) is 13.2 Å². The molecule has 0 spiro atoms. The Morgan fingerprint density at radius 2 is 2.13 bits per heavy atom. The van der Waals surface area contributed by atoms with Crippen molar-refractivity contribution in [3.63, 3.8) is 0 Å². The number of carbonyl (C=O) groups excluding carboxylic acids is 1. The number of aromatic nitrogens is 5. The van der Waals surface area contributed by atoms with Gasteiger partial charge >= 0.3 is 0 Å². The zero-order chi connectivity index (χ0) is 16.2. The van der Waals surface area contributed by atoms with Gasteiger partial charge in [0.15, 0.2) is 5.69 Å². The van der Waals surface area contributed by atoms with Crippen molar-refractivity contribution in [2.45, 2.75) is 13.5 Å². The highest BCUT2D eigenvalue weighted by atomic mass is 16.5. The lowest BCUT2D eigenvalue weighted by Crippen LogP contribution is -2.37. The minimum atomic E-state index is -0.276. The monoisotopic (exact) mass is 317 g/mol. The third kappa shape index (κ3) is 3.81. The Kier molecular flexibility index (Phi) is 4.47. The molecule has 0 unspecified atom stereocenters. The molecule has 1 aliphatic heterocycles. The van der Waals surface area contributed by atoms with Crippen LogP contribution >= 0.6 is 0 Å². The third-order valence-corrected chi connectivity index (χ3v) is 3.45. The van der Waals surface area contributed by atoms with Crippen LogP contribution in [0.25, 0.3) is 0 Å². The summed E-state index contributed by atoms with van der Waals surface area (Å²) < 4.78 is 6.83. The molecule has 23 heavy (non-hydrogen) atoms. The summed E-state index contributed by atoms with van der Waals surface area (Å²) in [6, 6.07) is 1.86. The average Bonchev–Trinajstić information content (AvgIpc) is 2.99. The summed E-state index contributed by atoms with van der Waals surface area (Å²) in [6.45, 7) is 5.13. The first-order chi connectivity index (χ1) is 11.1. The number of nitrogens with one attached hydrogen (secondary N) is 1. The molecule has 2 aromatic rings. The summed E-state index contributed by atoms with van der Waals surface area (Å²) in [6.07, 6.45) is 1.57. The van der Waals surface area contributed by atoms with Crippen LogP contribution in [0.3, 0.4) is 0 Å². The summed E-state index contributed by atoms with van der Waals surface area (Å²) in [4.78, 5) is 23.1. The Morgan fingerprint density at radius 1 is 1.35 bits per heavy atom. The van der Waals surface area contributed by atoms with E-state index in [1.807, 2.05) is 13.0 Å². The largest absolute Gasteiger partial charge is 0.378 e. The van der Waals surface area contributed by atoms with Gasteiger partial charge < -0.3 is 15.0 Å². The molecular weight excluding hydrogens is 298 g/mol. The van der Waals surface area contributed by atoms with Crippen LogP contribution in [-0.2, 0) is 18.3 Å². The SMILES string of the molecule is Cc1cc(CNC(=O)c2cn(C)nn2)nc(N2CCOCC2)n1. The van der Waals surface area contributed by atoms with E-state index in [9.17, 15) is 4.79 Å². The van der Waals surface area contributed by atoms with E-state index in [0.717, 1.165) is 24.5 Å². The number of morpholine rings is 1. The molecule has 2 aromatic heterocycles. The normalized spacial score (nSPS) is 14.8. The van der Waals surface area contributed by atoms with Gasteiger partial charge in [0.1, 0.15) is 0 Å². The maximum Gasteiger partial charge on any atom is 0.273 e. The Labute approximate surface area is 133 Å². The summed E-state index contributed by atoms with van der Waals surface area (Å²) in [5, 5.41) is 10.3. The Morgan fingerprint density at radius 3 is 2.83 bits per heavy atom. The Bertz CT molecular complexity index is 694.